The lowest BCUT2D eigenvalue weighted by molar-refractivity contribution is -0.0194. The second-order valence-electron chi connectivity index (χ2n) is 8.81. The maximum absolute atomic E-state index is 13.9. The average Bonchev–Trinajstić information content (AvgIpc) is 3.12. The molecular formula is C22H21ClFN7O3. The van der Waals surface area contributed by atoms with Gasteiger partial charge in [0.25, 0.3) is 5.91 Å². The van der Waals surface area contributed by atoms with Crippen molar-refractivity contribution in [1.82, 2.24) is 30.3 Å². The highest BCUT2D eigenvalue weighted by atomic mass is 35.5. The van der Waals surface area contributed by atoms with E-state index in [-0.39, 0.29) is 33.4 Å². The van der Waals surface area contributed by atoms with E-state index in [0.717, 1.165) is 19.3 Å². The van der Waals surface area contributed by atoms with Crippen molar-refractivity contribution < 1.29 is 18.7 Å². The molecule has 3 heterocycles. The number of ether oxygens (including phenoxy) is 1. The minimum Gasteiger partial charge on any atom is -0.441 e. The van der Waals surface area contributed by atoms with Crippen molar-refractivity contribution in [2.24, 2.45) is 7.05 Å². The highest BCUT2D eigenvalue weighted by Gasteiger charge is 2.67. The van der Waals surface area contributed by atoms with Gasteiger partial charge < -0.3 is 10.1 Å². The van der Waals surface area contributed by atoms with Crippen LogP contribution in [-0.2, 0) is 11.8 Å². The van der Waals surface area contributed by atoms with Crippen molar-refractivity contribution in [1.29, 1.82) is 0 Å². The SMILES string of the molecule is C[C@@H](OC(=O)Nc1c(-c2ccc(C(=O)NC34CC(Cl)(C3)C4)cn2)nnn1C)c1cccnc1F. The van der Waals surface area contributed by atoms with E-state index in [2.05, 4.69) is 30.9 Å². The molecule has 34 heavy (non-hydrogen) atoms. The third-order valence-electron chi connectivity index (χ3n) is 6.17. The molecule has 0 aliphatic heterocycles. The van der Waals surface area contributed by atoms with Crippen molar-refractivity contribution in [2.75, 3.05) is 5.32 Å². The number of hydrogen-bond donors (Lipinski definition) is 2. The third kappa shape index (κ3) is 3.96. The molecule has 1 atom stereocenters. The predicted molar refractivity (Wildman–Crippen MR) is 120 cm³/mol. The smallest absolute Gasteiger partial charge is 0.413 e. The summed E-state index contributed by atoms with van der Waals surface area (Å²) in [6, 6.07) is 6.29. The molecule has 0 saturated heterocycles. The Balaban J connectivity index is 1.26. The summed E-state index contributed by atoms with van der Waals surface area (Å²) in [4.78, 5) is 32.8. The number of amides is 2. The fourth-order valence-electron chi connectivity index (χ4n) is 4.50. The first-order valence-corrected chi connectivity index (χ1v) is 11.0. The van der Waals surface area contributed by atoms with Gasteiger partial charge in [0.1, 0.15) is 6.10 Å². The van der Waals surface area contributed by atoms with Crippen LogP contribution in [0.15, 0.2) is 36.7 Å². The number of halogens is 2. The van der Waals surface area contributed by atoms with Crippen LogP contribution < -0.4 is 10.6 Å². The molecule has 3 aliphatic rings. The standard InChI is InChI=1S/C22H21ClFN7O3/c1-12(14-4-3-7-25-17(14)24)34-20(33)27-18-16(29-30-31(18)2)15-6-5-13(8-26-15)19(32)28-22-9-21(23,10-22)11-22/h3-8,12H,9-11H2,1-2H3,(H,27,33)(H,28,32)/t12-,21?,22?/m1/s1. The summed E-state index contributed by atoms with van der Waals surface area (Å²) in [6.07, 6.45) is 3.42. The Hall–Kier alpha value is -3.60. The molecule has 0 spiro atoms. The monoisotopic (exact) mass is 485 g/mol. The molecule has 10 nitrogen and oxygen atoms in total. The van der Waals surface area contributed by atoms with Gasteiger partial charge in [-0.2, -0.15) is 4.39 Å². The molecule has 0 radical (unpaired) electrons. The van der Waals surface area contributed by atoms with Gasteiger partial charge in [-0.1, -0.05) is 5.21 Å². The topological polar surface area (TPSA) is 124 Å². The van der Waals surface area contributed by atoms with E-state index in [9.17, 15) is 14.0 Å². The highest BCUT2D eigenvalue weighted by molar-refractivity contribution is 6.26. The van der Waals surface area contributed by atoms with Gasteiger partial charge in [0.2, 0.25) is 5.95 Å². The van der Waals surface area contributed by atoms with Crippen LogP contribution in [-0.4, -0.2) is 47.4 Å². The van der Waals surface area contributed by atoms with Crippen LogP contribution in [0.1, 0.15) is 48.2 Å². The quantitative estimate of drug-likeness (QED) is 0.405. The molecule has 0 unspecified atom stereocenters. The second kappa shape index (κ2) is 8.01. The van der Waals surface area contributed by atoms with Gasteiger partial charge in [-0.15, -0.1) is 16.7 Å². The summed E-state index contributed by atoms with van der Waals surface area (Å²) in [7, 11) is 1.59. The molecule has 3 aliphatic carbocycles. The van der Waals surface area contributed by atoms with Crippen LogP contribution in [0.4, 0.5) is 15.0 Å². The fraction of sp³-hybridized carbons (Fsp3) is 0.364. The van der Waals surface area contributed by atoms with Crippen LogP contribution >= 0.6 is 11.6 Å². The van der Waals surface area contributed by atoms with E-state index in [4.69, 9.17) is 16.3 Å². The minimum atomic E-state index is -0.871. The molecule has 6 rings (SSSR count). The lowest BCUT2D eigenvalue weighted by atomic mass is 9.49. The number of rotatable bonds is 6. The number of nitrogens with zero attached hydrogens (tertiary/aromatic N) is 5. The van der Waals surface area contributed by atoms with Crippen molar-refractivity contribution in [3.8, 4) is 11.4 Å². The molecule has 2 N–H and O–H groups in total. The first-order chi connectivity index (χ1) is 16.2. The summed E-state index contributed by atoms with van der Waals surface area (Å²) in [5, 5.41) is 13.6. The van der Waals surface area contributed by atoms with Crippen LogP contribution in [0.25, 0.3) is 11.4 Å². The number of nitrogens with one attached hydrogen (secondary N) is 2. The van der Waals surface area contributed by atoms with Gasteiger partial charge in [-0.05, 0) is 50.5 Å². The molecular weight excluding hydrogens is 465 g/mol. The Bertz CT molecular complexity index is 1260. The molecule has 3 aromatic heterocycles. The predicted octanol–water partition coefficient (Wildman–Crippen LogP) is 3.36. The van der Waals surface area contributed by atoms with E-state index in [1.165, 1.54) is 30.1 Å². The van der Waals surface area contributed by atoms with Gasteiger partial charge in [0.05, 0.1) is 16.1 Å². The number of alkyl halides is 1. The van der Waals surface area contributed by atoms with Crippen LogP contribution in [0.2, 0.25) is 0 Å². The molecule has 3 saturated carbocycles. The number of pyridine rings is 2. The average molecular weight is 486 g/mol. The molecule has 12 heteroatoms. The molecule has 2 bridgehead atoms. The van der Waals surface area contributed by atoms with Gasteiger partial charge in [0.15, 0.2) is 11.5 Å². The number of carbonyl (C=O) groups is 2. The summed E-state index contributed by atoms with van der Waals surface area (Å²) in [5.74, 6) is -0.694. The van der Waals surface area contributed by atoms with Crippen LogP contribution in [0, 0.1) is 5.95 Å². The lowest BCUT2D eigenvalue weighted by Crippen LogP contribution is -2.76. The normalized spacial score (nSPS) is 23.3. The Morgan fingerprint density at radius 2 is 2.00 bits per heavy atom. The molecule has 3 fully saturated rings. The van der Waals surface area contributed by atoms with Crippen LogP contribution in [0.5, 0.6) is 0 Å². The largest absolute Gasteiger partial charge is 0.441 e. The van der Waals surface area contributed by atoms with Gasteiger partial charge in [-0.3, -0.25) is 15.1 Å². The van der Waals surface area contributed by atoms with E-state index in [1.54, 1.807) is 25.2 Å². The number of aryl methyl sites for hydroxylation is 1. The maximum atomic E-state index is 13.9. The molecule has 2 amide bonds. The number of hydrogen-bond acceptors (Lipinski definition) is 7. The van der Waals surface area contributed by atoms with E-state index in [0.29, 0.717) is 11.3 Å². The Labute approximate surface area is 198 Å². The van der Waals surface area contributed by atoms with E-state index < -0.39 is 18.1 Å². The first-order valence-electron chi connectivity index (χ1n) is 10.6. The van der Waals surface area contributed by atoms with Gasteiger partial charge in [0, 0.05) is 30.5 Å². The molecule has 176 valence electrons. The van der Waals surface area contributed by atoms with Crippen molar-refractivity contribution >= 4 is 29.4 Å². The van der Waals surface area contributed by atoms with Crippen molar-refractivity contribution in [2.45, 2.75) is 42.7 Å². The highest BCUT2D eigenvalue weighted by Crippen LogP contribution is 2.64. The van der Waals surface area contributed by atoms with Gasteiger partial charge in [-0.25, -0.2) is 14.5 Å². The Morgan fingerprint density at radius 3 is 2.65 bits per heavy atom. The fourth-order valence-corrected chi connectivity index (χ4v) is 5.27. The van der Waals surface area contributed by atoms with E-state index in [1.807, 2.05) is 0 Å². The lowest BCUT2D eigenvalue weighted by Gasteiger charge is -2.67. The second-order valence-corrected chi connectivity index (χ2v) is 9.62. The van der Waals surface area contributed by atoms with Crippen molar-refractivity contribution in [3.05, 3.63) is 53.7 Å². The molecule has 3 aromatic rings. The zero-order chi connectivity index (χ0) is 24.1. The summed E-state index contributed by atoms with van der Waals surface area (Å²) >= 11 is 6.26. The Kier molecular flexibility index (Phi) is 5.23. The zero-order valence-electron chi connectivity index (χ0n) is 18.4. The van der Waals surface area contributed by atoms with Crippen molar-refractivity contribution in [3.63, 3.8) is 0 Å². The molecule has 0 aromatic carbocycles. The minimum absolute atomic E-state index is 0.129. The van der Waals surface area contributed by atoms with E-state index >= 15 is 0 Å². The maximum Gasteiger partial charge on any atom is 0.413 e. The third-order valence-corrected chi connectivity index (χ3v) is 6.57. The summed E-state index contributed by atoms with van der Waals surface area (Å²) in [5.41, 5.74) is 1.06. The summed E-state index contributed by atoms with van der Waals surface area (Å²) in [6.45, 7) is 1.54. The number of anilines is 1. The number of carbonyl (C=O) groups excluding carboxylic acids is 2. The Morgan fingerprint density at radius 1 is 1.24 bits per heavy atom. The zero-order valence-corrected chi connectivity index (χ0v) is 19.1. The van der Waals surface area contributed by atoms with Crippen LogP contribution in [0.3, 0.4) is 0 Å². The summed E-state index contributed by atoms with van der Waals surface area (Å²) < 4.78 is 20.5. The number of aromatic nitrogens is 5. The first kappa shape index (κ1) is 22.2. The van der Waals surface area contributed by atoms with Gasteiger partial charge >= 0.3 is 6.09 Å².